The highest BCUT2D eigenvalue weighted by Gasteiger charge is 2.08. The standard InChI is InChI=1S/C13H19N3OS/c1-4-11-5-6-12(18-11)9(2)14-8-7-13-15-10(3)17-16-13/h5-6,9,14H,4,7-8H2,1-3H3. The normalized spacial score (nSPS) is 12.8. The van der Waals surface area contributed by atoms with Crippen LogP contribution in [0.25, 0.3) is 0 Å². The zero-order chi connectivity index (χ0) is 13.0. The largest absolute Gasteiger partial charge is 0.340 e. The second kappa shape index (κ2) is 6.11. The SMILES string of the molecule is CCc1ccc(C(C)NCCc2noc(C)n2)s1. The van der Waals surface area contributed by atoms with Crippen LogP contribution < -0.4 is 5.32 Å². The lowest BCUT2D eigenvalue weighted by atomic mass is 10.2. The van der Waals surface area contributed by atoms with E-state index in [4.69, 9.17) is 4.52 Å². The van der Waals surface area contributed by atoms with Gasteiger partial charge in [-0.25, -0.2) is 0 Å². The summed E-state index contributed by atoms with van der Waals surface area (Å²) < 4.78 is 4.94. The molecule has 5 heteroatoms. The number of nitrogens with one attached hydrogen (secondary N) is 1. The van der Waals surface area contributed by atoms with Crippen LogP contribution in [0.3, 0.4) is 0 Å². The molecular formula is C13H19N3OS. The molecule has 0 aliphatic rings. The van der Waals surface area contributed by atoms with E-state index in [9.17, 15) is 0 Å². The molecule has 2 heterocycles. The molecule has 0 saturated carbocycles. The van der Waals surface area contributed by atoms with E-state index >= 15 is 0 Å². The maximum Gasteiger partial charge on any atom is 0.223 e. The van der Waals surface area contributed by atoms with Gasteiger partial charge in [0.15, 0.2) is 5.82 Å². The zero-order valence-electron chi connectivity index (χ0n) is 11.1. The van der Waals surface area contributed by atoms with Crippen LogP contribution in [0.2, 0.25) is 0 Å². The highest BCUT2D eigenvalue weighted by molar-refractivity contribution is 7.12. The number of nitrogens with zero attached hydrogens (tertiary/aromatic N) is 2. The summed E-state index contributed by atoms with van der Waals surface area (Å²) in [6.45, 7) is 7.04. The first kappa shape index (κ1) is 13.2. The van der Waals surface area contributed by atoms with E-state index in [2.05, 4.69) is 41.4 Å². The summed E-state index contributed by atoms with van der Waals surface area (Å²) in [7, 11) is 0. The third-order valence-electron chi connectivity index (χ3n) is 2.83. The topological polar surface area (TPSA) is 51.0 Å². The molecule has 1 atom stereocenters. The second-order valence-corrected chi connectivity index (χ2v) is 5.51. The van der Waals surface area contributed by atoms with Gasteiger partial charge in [-0.3, -0.25) is 0 Å². The summed E-state index contributed by atoms with van der Waals surface area (Å²) in [4.78, 5) is 7.01. The van der Waals surface area contributed by atoms with Gasteiger partial charge in [0.2, 0.25) is 5.89 Å². The van der Waals surface area contributed by atoms with Crippen LogP contribution in [-0.2, 0) is 12.8 Å². The van der Waals surface area contributed by atoms with Gasteiger partial charge in [0.1, 0.15) is 0 Å². The van der Waals surface area contributed by atoms with E-state index in [0.29, 0.717) is 11.9 Å². The lowest BCUT2D eigenvalue weighted by Gasteiger charge is -2.10. The Morgan fingerprint density at radius 3 is 2.89 bits per heavy atom. The zero-order valence-corrected chi connectivity index (χ0v) is 11.9. The maximum absolute atomic E-state index is 4.94. The number of hydrogen-bond donors (Lipinski definition) is 1. The Kier molecular flexibility index (Phi) is 4.49. The van der Waals surface area contributed by atoms with Crippen molar-refractivity contribution in [2.45, 2.75) is 39.7 Å². The lowest BCUT2D eigenvalue weighted by molar-refractivity contribution is 0.386. The van der Waals surface area contributed by atoms with Crippen molar-refractivity contribution in [3.63, 3.8) is 0 Å². The Morgan fingerprint density at radius 2 is 2.28 bits per heavy atom. The van der Waals surface area contributed by atoms with Crippen molar-refractivity contribution in [2.75, 3.05) is 6.54 Å². The van der Waals surface area contributed by atoms with E-state index in [1.54, 1.807) is 0 Å². The summed E-state index contributed by atoms with van der Waals surface area (Å²) in [5.41, 5.74) is 0. The van der Waals surface area contributed by atoms with Crippen molar-refractivity contribution in [3.8, 4) is 0 Å². The fraction of sp³-hybridized carbons (Fsp3) is 0.538. The quantitative estimate of drug-likeness (QED) is 0.872. The minimum atomic E-state index is 0.378. The van der Waals surface area contributed by atoms with Crippen molar-refractivity contribution in [1.82, 2.24) is 15.5 Å². The van der Waals surface area contributed by atoms with Gasteiger partial charge in [-0.1, -0.05) is 12.1 Å². The molecule has 0 fully saturated rings. The number of thiophene rings is 1. The Balaban J connectivity index is 1.79. The molecule has 1 unspecified atom stereocenters. The fourth-order valence-corrected chi connectivity index (χ4v) is 2.74. The summed E-state index contributed by atoms with van der Waals surface area (Å²) >= 11 is 1.88. The van der Waals surface area contributed by atoms with Crippen molar-refractivity contribution in [2.24, 2.45) is 0 Å². The predicted molar refractivity (Wildman–Crippen MR) is 72.9 cm³/mol. The molecule has 0 aromatic carbocycles. The molecule has 18 heavy (non-hydrogen) atoms. The van der Waals surface area contributed by atoms with Crippen LogP contribution in [0.15, 0.2) is 16.7 Å². The van der Waals surface area contributed by atoms with Gasteiger partial charge in [0, 0.05) is 35.7 Å². The van der Waals surface area contributed by atoms with E-state index in [-0.39, 0.29) is 0 Å². The van der Waals surface area contributed by atoms with E-state index in [1.165, 1.54) is 9.75 Å². The molecule has 0 aliphatic heterocycles. The highest BCUT2D eigenvalue weighted by Crippen LogP contribution is 2.23. The molecule has 0 radical (unpaired) electrons. The number of aromatic nitrogens is 2. The smallest absolute Gasteiger partial charge is 0.223 e. The molecular weight excluding hydrogens is 246 g/mol. The van der Waals surface area contributed by atoms with Crippen LogP contribution in [-0.4, -0.2) is 16.7 Å². The van der Waals surface area contributed by atoms with Crippen molar-refractivity contribution >= 4 is 11.3 Å². The molecule has 0 saturated heterocycles. The van der Waals surface area contributed by atoms with E-state index < -0.39 is 0 Å². The second-order valence-electron chi connectivity index (χ2n) is 4.31. The molecule has 0 spiro atoms. The molecule has 0 aliphatic carbocycles. The van der Waals surface area contributed by atoms with Crippen LogP contribution in [0.1, 0.15) is 41.4 Å². The van der Waals surface area contributed by atoms with Crippen molar-refractivity contribution in [1.29, 1.82) is 0 Å². The summed E-state index contributed by atoms with van der Waals surface area (Å²) in [6, 6.07) is 4.80. The summed E-state index contributed by atoms with van der Waals surface area (Å²) in [5.74, 6) is 1.40. The minimum Gasteiger partial charge on any atom is -0.340 e. The van der Waals surface area contributed by atoms with Crippen LogP contribution in [0.4, 0.5) is 0 Å². The molecule has 2 rings (SSSR count). The third kappa shape index (κ3) is 3.40. The summed E-state index contributed by atoms with van der Waals surface area (Å²) in [6.07, 6.45) is 1.91. The average molecular weight is 265 g/mol. The van der Waals surface area contributed by atoms with Crippen LogP contribution >= 0.6 is 11.3 Å². The van der Waals surface area contributed by atoms with Gasteiger partial charge >= 0.3 is 0 Å². The first-order valence-corrected chi connectivity index (χ1v) is 7.12. The Labute approximate surface area is 111 Å². The molecule has 0 amide bonds. The molecule has 1 N–H and O–H groups in total. The van der Waals surface area contributed by atoms with E-state index in [1.807, 2.05) is 18.3 Å². The Hall–Kier alpha value is -1.20. The van der Waals surface area contributed by atoms with Crippen LogP contribution in [0, 0.1) is 6.92 Å². The Bertz CT molecular complexity index is 492. The lowest BCUT2D eigenvalue weighted by Crippen LogP contribution is -2.20. The van der Waals surface area contributed by atoms with Gasteiger partial charge in [-0.2, -0.15) is 4.98 Å². The third-order valence-corrected chi connectivity index (χ3v) is 4.24. The average Bonchev–Trinajstić information content (AvgIpc) is 2.98. The monoisotopic (exact) mass is 265 g/mol. The maximum atomic E-state index is 4.94. The predicted octanol–water partition coefficient (Wildman–Crippen LogP) is 2.90. The molecule has 0 bridgehead atoms. The van der Waals surface area contributed by atoms with E-state index in [0.717, 1.165) is 25.2 Å². The fourth-order valence-electron chi connectivity index (χ4n) is 1.76. The van der Waals surface area contributed by atoms with Gasteiger partial charge in [-0.05, 0) is 25.5 Å². The first-order chi connectivity index (χ1) is 8.69. The van der Waals surface area contributed by atoms with Gasteiger partial charge in [0.25, 0.3) is 0 Å². The molecule has 2 aromatic heterocycles. The van der Waals surface area contributed by atoms with Crippen molar-refractivity contribution < 1.29 is 4.52 Å². The van der Waals surface area contributed by atoms with Crippen LogP contribution in [0.5, 0.6) is 0 Å². The molecule has 4 nitrogen and oxygen atoms in total. The Morgan fingerprint density at radius 1 is 1.44 bits per heavy atom. The van der Waals surface area contributed by atoms with Gasteiger partial charge in [0.05, 0.1) is 0 Å². The highest BCUT2D eigenvalue weighted by atomic mass is 32.1. The number of hydrogen-bond acceptors (Lipinski definition) is 5. The summed E-state index contributed by atoms with van der Waals surface area (Å²) in [5, 5.41) is 7.36. The number of rotatable bonds is 6. The minimum absolute atomic E-state index is 0.378. The first-order valence-electron chi connectivity index (χ1n) is 6.30. The molecule has 2 aromatic rings. The van der Waals surface area contributed by atoms with Gasteiger partial charge in [-0.15, -0.1) is 11.3 Å². The number of aryl methyl sites for hydroxylation is 2. The van der Waals surface area contributed by atoms with Crippen molar-refractivity contribution in [3.05, 3.63) is 33.6 Å². The van der Waals surface area contributed by atoms with Gasteiger partial charge < -0.3 is 9.84 Å². The molecule has 98 valence electrons.